The highest BCUT2D eigenvalue weighted by Crippen LogP contribution is 2.52. The second-order valence-electron chi connectivity index (χ2n) is 5.82. The molecule has 2 fully saturated rings. The number of hydrogen-bond donors (Lipinski definition) is 2. The molecule has 0 bridgehead atoms. The average Bonchev–Trinajstić information content (AvgIpc) is 3.13. The van der Waals surface area contributed by atoms with Gasteiger partial charge in [0.25, 0.3) is 0 Å². The molecule has 2 saturated heterocycles. The Morgan fingerprint density at radius 1 is 1.21 bits per heavy atom. The minimum atomic E-state index is -3.99. The molecule has 24 heavy (non-hydrogen) atoms. The number of rotatable bonds is 10. The van der Waals surface area contributed by atoms with Crippen molar-refractivity contribution in [1.29, 1.82) is 0 Å². The molecule has 2 rings (SSSR count). The van der Waals surface area contributed by atoms with Gasteiger partial charge in [-0.25, -0.2) is 4.57 Å². The molecular formula is C14H25O9P. The second-order valence-corrected chi connectivity index (χ2v) is 7.44. The first-order valence-corrected chi connectivity index (χ1v) is 9.48. The third-order valence-corrected chi connectivity index (χ3v) is 5.36. The lowest BCUT2D eigenvalue weighted by Gasteiger charge is -2.25. The Labute approximate surface area is 140 Å². The van der Waals surface area contributed by atoms with Crippen LogP contribution in [-0.2, 0) is 32.4 Å². The maximum absolute atomic E-state index is 12.8. The van der Waals surface area contributed by atoms with Crippen LogP contribution in [0.25, 0.3) is 0 Å². The van der Waals surface area contributed by atoms with Crippen LogP contribution in [0.4, 0.5) is 0 Å². The number of ketones is 1. The highest BCUT2D eigenvalue weighted by Gasteiger charge is 2.39. The number of aliphatic hydroxyl groups is 2. The number of phosphoric acid groups is 1. The molecule has 0 aromatic carbocycles. The number of carbonyl (C=O) groups excluding carboxylic acids is 1. The van der Waals surface area contributed by atoms with E-state index in [0.717, 1.165) is 0 Å². The number of ether oxygens (including phenoxy) is 2. The van der Waals surface area contributed by atoms with Gasteiger partial charge in [-0.15, -0.1) is 0 Å². The zero-order valence-electron chi connectivity index (χ0n) is 13.7. The van der Waals surface area contributed by atoms with E-state index in [1.807, 2.05) is 0 Å². The highest BCUT2D eigenvalue weighted by atomic mass is 31.2. The largest absolute Gasteiger partial charge is 0.475 e. The van der Waals surface area contributed by atoms with Crippen LogP contribution in [-0.4, -0.2) is 73.4 Å². The van der Waals surface area contributed by atoms with Gasteiger partial charge < -0.3 is 19.7 Å². The van der Waals surface area contributed by atoms with Crippen molar-refractivity contribution >= 4 is 13.6 Å². The Balaban J connectivity index is 1.94. The van der Waals surface area contributed by atoms with E-state index in [-0.39, 0.29) is 32.0 Å². The van der Waals surface area contributed by atoms with Gasteiger partial charge in [-0.05, 0) is 13.3 Å². The normalized spacial score (nSPS) is 32.8. The van der Waals surface area contributed by atoms with Crippen molar-refractivity contribution in [3.8, 4) is 0 Å². The summed E-state index contributed by atoms with van der Waals surface area (Å²) in [6, 6.07) is 0. The van der Waals surface area contributed by atoms with Crippen LogP contribution in [0.15, 0.2) is 0 Å². The van der Waals surface area contributed by atoms with Crippen LogP contribution >= 0.6 is 7.82 Å². The SMILES string of the molecule is CC(=O)CCO[P@@](=O)(OC[C@H]1OCCC1O)OC1CCO[C@@H]1CO. The third-order valence-electron chi connectivity index (χ3n) is 3.87. The number of phosphoric ester groups is 1. The van der Waals surface area contributed by atoms with Crippen LogP contribution in [0.1, 0.15) is 26.2 Å². The van der Waals surface area contributed by atoms with E-state index < -0.39 is 32.2 Å². The van der Waals surface area contributed by atoms with Gasteiger partial charge in [0.2, 0.25) is 0 Å². The second kappa shape index (κ2) is 9.35. The first-order chi connectivity index (χ1) is 11.4. The molecule has 0 saturated carbocycles. The molecule has 2 aliphatic heterocycles. The summed E-state index contributed by atoms with van der Waals surface area (Å²) in [4.78, 5) is 11.0. The molecule has 2 N–H and O–H groups in total. The fourth-order valence-electron chi connectivity index (χ4n) is 2.45. The molecule has 0 amide bonds. The highest BCUT2D eigenvalue weighted by molar-refractivity contribution is 7.48. The Morgan fingerprint density at radius 3 is 2.54 bits per heavy atom. The third kappa shape index (κ3) is 5.86. The molecule has 2 aliphatic rings. The van der Waals surface area contributed by atoms with Crippen LogP contribution < -0.4 is 0 Å². The van der Waals surface area contributed by atoms with E-state index in [4.69, 9.17) is 23.0 Å². The molecule has 0 aromatic heterocycles. The number of carbonyl (C=O) groups is 1. The zero-order chi connectivity index (χ0) is 17.6. The standard InChI is InChI=1S/C14H25O9P/c1-10(16)2-7-21-24(18,22-9-14-11(17)3-5-20-14)23-12-4-6-19-13(12)8-15/h11-15,17H,2-9H2,1H3/t11?,12?,13-,14-,24+/m1/s1. The number of aliphatic hydroxyl groups excluding tert-OH is 2. The summed E-state index contributed by atoms with van der Waals surface area (Å²) in [6.07, 6.45) is -1.55. The monoisotopic (exact) mass is 368 g/mol. The van der Waals surface area contributed by atoms with E-state index in [0.29, 0.717) is 26.1 Å². The predicted molar refractivity (Wildman–Crippen MR) is 81.5 cm³/mol. The molecule has 2 heterocycles. The van der Waals surface area contributed by atoms with Crippen molar-refractivity contribution < 1.29 is 42.6 Å². The summed E-state index contributed by atoms with van der Waals surface area (Å²) in [7, 11) is -3.99. The lowest BCUT2D eigenvalue weighted by Crippen LogP contribution is -2.29. The van der Waals surface area contributed by atoms with Crippen LogP contribution in [0.2, 0.25) is 0 Å². The van der Waals surface area contributed by atoms with Crippen molar-refractivity contribution in [3.63, 3.8) is 0 Å². The predicted octanol–water partition coefficient (Wildman–Crippen LogP) is 0.423. The molecular weight excluding hydrogens is 343 g/mol. The molecule has 0 radical (unpaired) electrons. The molecule has 5 atom stereocenters. The van der Waals surface area contributed by atoms with E-state index in [9.17, 15) is 19.6 Å². The summed E-state index contributed by atoms with van der Waals surface area (Å²) in [5.41, 5.74) is 0. The molecule has 0 aliphatic carbocycles. The average molecular weight is 368 g/mol. The van der Waals surface area contributed by atoms with Crippen molar-refractivity contribution in [2.45, 2.75) is 50.6 Å². The Morgan fingerprint density at radius 2 is 1.92 bits per heavy atom. The van der Waals surface area contributed by atoms with Gasteiger partial charge in [-0.3, -0.25) is 18.4 Å². The van der Waals surface area contributed by atoms with Gasteiger partial charge in [-0.2, -0.15) is 0 Å². The van der Waals surface area contributed by atoms with Crippen molar-refractivity contribution in [2.75, 3.05) is 33.0 Å². The zero-order valence-corrected chi connectivity index (χ0v) is 14.6. The fourth-order valence-corrected chi connectivity index (χ4v) is 3.86. The van der Waals surface area contributed by atoms with E-state index in [1.54, 1.807) is 0 Å². The van der Waals surface area contributed by atoms with Gasteiger partial charge >= 0.3 is 7.82 Å². The summed E-state index contributed by atoms with van der Waals surface area (Å²) in [5, 5.41) is 19.0. The summed E-state index contributed by atoms with van der Waals surface area (Å²) in [5.74, 6) is -0.117. The fraction of sp³-hybridized carbons (Fsp3) is 0.929. The molecule has 140 valence electrons. The summed E-state index contributed by atoms with van der Waals surface area (Å²) in [6.45, 7) is 1.62. The summed E-state index contributed by atoms with van der Waals surface area (Å²) < 4.78 is 39.3. The Kier molecular flexibility index (Phi) is 7.77. The number of Topliss-reactive ketones (excluding diaryl/α,β-unsaturated/α-hetero) is 1. The topological polar surface area (TPSA) is 121 Å². The van der Waals surface area contributed by atoms with Gasteiger partial charge in [0.05, 0.1) is 25.9 Å². The van der Waals surface area contributed by atoms with Gasteiger partial charge in [0.1, 0.15) is 24.1 Å². The molecule has 9 nitrogen and oxygen atoms in total. The van der Waals surface area contributed by atoms with Gasteiger partial charge in [-0.1, -0.05) is 0 Å². The molecule has 10 heteroatoms. The molecule has 2 unspecified atom stereocenters. The quantitative estimate of drug-likeness (QED) is 0.529. The smallest absolute Gasteiger partial charge is 0.394 e. The first kappa shape index (κ1) is 19.9. The van der Waals surface area contributed by atoms with Crippen LogP contribution in [0.3, 0.4) is 0 Å². The van der Waals surface area contributed by atoms with Crippen molar-refractivity contribution in [3.05, 3.63) is 0 Å². The van der Waals surface area contributed by atoms with Crippen molar-refractivity contribution in [1.82, 2.24) is 0 Å². The maximum Gasteiger partial charge on any atom is 0.475 e. The summed E-state index contributed by atoms with van der Waals surface area (Å²) >= 11 is 0. The maximum atomic E-state index is 12.8. The van der Waals surface area contributed by atoms with Crippen molar-refractivity contribution in [2.24, 2.45) is 0 Å². The van der Waals surface area contributed by atoms with E-state index >= 15 is 0 Å². The Hall–Kier alpha value is -0.380. The lowest BCUT2D eigenvalue weighted by molar-refractivity contribution is -0.117. The van der Waals surface area contributed by atoms with Crippen LogP contribution in [0, 0.1) is 0 Å². The van der Waals surface area contributed by atoms with E-state index in [1.165, 1.54) is 6.92 Å². The van der Waals surface area contributed by atoms with Crippen LogP contribution in [0.5, 0.6) is 0 Å². The Bertz CT molecular complexity index is 458. The van der Waals surface area contributed by atoms with E-state index in [2.05, 4.69) is 0 Å². The minimum Gasteiger partial charge on any atom is -0.394 e. The minimum absolute atomic E-state index is 0.0733. The molecule has 0 aromatic rings. The lowest BCUT2D eigenvalue weighted by atomic mass is 10.2. The van der Waals surface area contributed by atoms with Gasteiger partial charge in [0, 0.05) is 26.1 Å². The molecule has 0 spiro atoms. The first-order valence-electron chi connectivity index (χ1n) is 8.02. The number of hydrogen-bond acceptors (Lipinski definition) is 9. The van der Waals surface area contributed by atoms with Gasteiger partial charge in [0.15, 0.2) is 0 Å².